The van der Waals surface area contributed by atoms with E-state index in [1.54, 1.807) is 18.2 Å². The lowest BCUT2D eigenvalue weighted by Crippen LogP contribution is -2.08. The van der Waals surface area contributed by atoms with E-state index in [1.165, 1.54) is 6.07 Å². The summed E-state index contributed by atoms with van der Waals surface area (Å²) in [6, 6.07) is 8.38. The number of para-hydroxylation sites is 1. The molecule has 15 heavy (non-hydrogen) atoms. The molecular weight excluding hydrogens is 227 g/mol. The summed E-state index contributed by atoms with van der Waals surface area (Å²) in [6.45, 7) is 0. The van der Waals surface area contributed by atoms with Gasteiger partial charge in [0.25, 0.3) is 0 Å². The first-order valence-corrected chi connectivity index (χ1v) is 4.41. The number of rotatable bonds is 0. The fourth-order valence-electron chi connectivity index (χ4n) is 1.21. The minimum absolute atomic E-state index is 0.0621. The molecule has 0 N–H and O–H groups in total. The molecule has 1 aromatic carbocycles. The Balaban J connectivity index is 2.73. The molecule has 1 aromatic heterocycles. The molecule has 1 heterocycles. The molecule has 0 unspecified atom stereocenters. The van der Waals surface area contributed by atoms with E-state index in [0.29, 0.717) is 5.39 Å². The Hall–Kier alpha value is -1.29. The number of halogens is 4. The van der Waals surface area contributed by atoms with E-state index < -0.39 is 11.9 Å². The maximum atomic E-state index is 12.3. The van der Waals surface area contributed by atoms with E-state index in [9.17, 15) is 13.2 Å². The molecule has 1 radical (unpaired) electrons. The second-order valence-corrected chi connectivity index (χ2v) is 3.29. The summed E-state index contributed by atoms with van der Waals surface area (Å²) in [6.07, 6.45) is -4.52. The van der Waals surface area contributed by atoms with E-state index in [-0.39, 0.29) is 10.5 Å². The smallest absolute Gasteiger partial charge is 0.243 e. The van der Waals surface area contributed by atoms with Gasteiger partial charge in [-0.3, -0.25) is 0 Å². The van der Waals surface area contributed by atoms with Crippen molar-refractivity contribution in [3.05, 3.63) is 41.0 Å². The summed E-state index contributed by atoms with van der Waals surface area (Å²) in [5.41, 5.74) is -0.875. The van der Waals surface area contributed by atoms with E-state index in [1.807, 2.05) is 6.07 Å². The normalized spacial score (nSPS) is 12.0. The Morgan fingerprint density at radius 1 is 1.20 bits per heavy atom. The van der Waals surface area contributed by atoms with Crippen molar-refractivity contribution in [2.75, 3.05) is 0 Å². The third-order valence-electron chi connectivity index (χ3n) is 1.87. The molecule has 0 atom stereocenters. The third kappa shape index (κ3) is 1.90. The summed E-state index contributed by atoms with van der Waals surface area (Å²) in [4.78, 5) is 3.44. The van der Waals surface area contributed by atoms with E-state index in [4.69, 9.17) is 11.6 Å². The van der Waals surface area contributed by atoms with Gasteiger partial charge in [-0.15, -0.1) is 0 Å². The predicted octanol–water partition coefficient (Wildman–Crippen LogP) is 3.71. The molecule has 2 aromatic rings. The predicted molar refractivity (Wildman–Crippen MR) is 50.6 cm³/mol. The number of nitrogens with zero attached hydrogens (tertiary/aromatic N) is 1. The highest BCUT2D eigenvalue weighted by atomic mass is 35.5. The first-order chi connectivity index (χ1) is 6.98. The highest BCUT2D eigenvalue weighted by Gasteiger charge is 2.33. The zero-order valence-electron chi connectivity index (χ0n) is 7.27. The zero-order valence-corrected chi connectivity index (χ0v) is 8.02. The second kappa shape index (κ2) is 3.38. The largest absolute Gasteiger partial charge is 0.434 e. The van der Waals surface area contributed by atoms with Gasteiger partial charge >= 0.3 is 6.18 Å². The van der Waals surface area contributed by atoms with Crippen LogP contribution in [0.25, 0.3) is 10.9 Å². The van der Waals surface area contributed by atoms with Gasteiger partial charge in [0.1, 0.15) is 0 Å². The van der Waals surface area contributed by atoms with Crippen molar-refractivity contribution in [2.24, 2.45) is 0 Å². The zero-order chi connectivity index (χ0) is 11.1. The van der Waals surface area contributed by atoms with Crippen LogP contribution in [0.15, 0.2) is 24.3 Å². The quantitative estimate of drug-likeness (QED) is 0.672. The fourth-order valence-corrected chi connectivity index (χ4v) is 1.46. The van der Waals surface area contributed by atoms with Gasteiger partial charge < -0.3 is 0 Å². The third-order valence-corrected chi connectivity index (χ3v) is 2.17. The first-order valence-electron chi connectivity index (χ1n) is 4.03. The van der Waals surface area contributed by atoms with Gasteiger partial charge in [-0.25, -0.2) is 4.98 Å². The van der Waals surface area contributed by atoms with E-state index >= 15 is 0 Å². The summed E-state index contributed by atoms with van der Waals surface area (Å²) in [5.74, 6) is 0. The van der Waals surface area contributed by atoms with Crippen LogP contribution in [-0.4, -0.2) is 4.98 Å². The molecule has 5 heteroatoms. The SMILES string of the molecule is FC(F)(F)c1[c]c(Cl)c2ccccc2n1. The Morgan fingerprint density at radius 2 is 1.87 bits per heavy atom. The van der Waals surface area contributed by atoms with Crippen molar-refractivity contribution in [1.82, 2.24) is 4.98 Å². The number of benzene rings is 1. The lowest BCUT2D eigenvalue weighted by atomic mass is 10.2. The van der Waals surface area contributed by atoms with Crippen molar-refractivity contribution in [1.29, 1.82) is 0 Å². The van der Waals surface area contributed by atoms with Gasteiger partial charge in [-0.05, 0) is 6.07 Å². The Morgan fingerprint density at radius 3 is 2.53 bits per heavy atom. The molecule has 0 aliphatic rings. The molecule has 0 fully saturated rings. The molecule has 77 valence electrons. The maximum absolute atomic E-state index is 12.3. The minimum atomic E-state index is -4.52. The Kier molecular flexibility index (Phi) is 2.31. The Labute approximate surface area is 88.5 Å². The van der Waals surface area contributed by atoms with Crippen LogP contribution in [0, 0.1) is 6.07 Å². The van der Waals surface area contributed by atoms with Crippen LogP contribution in [0.4, 0.5) is 13.2 Å². The second-order valence-electron chi connectivity index (χ2n) is 2.91. The number of fused-ring (bicyclic) bond motifs is 1. The number of alkyl halides is 3. The van der Waals surface area contributed by atoms with Crippen molar-refractivity contribution >= 4 is 22.5 Å². The van der Waals surface area contributed by atoms with Crippen molar-refractivity contribution < 1.29 is 13.2 Å². The van der Waals surface area contributed by atoms with Gasteiger partial charge in [-0.1, -0.05) is 29.8 Å². The molecule has 1 nitrogen and oxygen atoms in total. The fraction of sp³-hybridized carbons (Fsp3) is 0.100. The lowest BCUT2D eigenvalue weighted by Gasteiger charge is -2.07. The average Bonchev–Trinajstić information content (AvgIpc) is 2.16. The van der Waals surface area contributed by atoms with Gasteiger partial charge in [-0.2, -0.15) is 13.2 Å². The van der Waals surface area contributed by atoms with Gasteiger partial charge in [0, 0.05) is 11.5 Å². The number of pyridine rings is 1. The molecule has 0 aliphatic carbocycles. The molecule has 0 spiro atoms. The number of hydrogen-bond acceptors (Lipinski definition) is 1. The minimum Gasteiger partial charge on any atom is -0.243 e. The molecule has 0 aliphatic heterocycles. The van der Waals surface area contributed by atoms with Gasteiger partial charge in [0.15, 0.2) is 5.69 Å². The first kappa shape index (κ1) is 10.2. The van der Waals surface area contributed by atoms with Crippen LogP contribution in [0.5, 0.6) is 0 Å². The van der Waals surface area contributed by atoms with Crippen LogP contribution in [0.1, 0.15) is 5.69 Å². The van der Waals surface area contributed by atoms with Crippen LogP contribution in [0.2, 0.25) is 5.02 Å². The van der Waals surface area contributed by atoms with Crippen LogP contribution >= 0.6 is 11.6 Å². The number of aromatic nitrogens is 1. The van der Waals surface area contributed by atoms with Crippen molar-refractivity contribution in [2.45, 2.75) is 6.18 Å². The van der Waals surface area contributed by atoms with Crippen LogP contribution in [-0.2, 0) is 6.18 Å². The molecule has 2 rings (SSSR count). The topological polar surface area (TPSA) is 12.9 Å². The van der Waals surface area contributed by atoms with Crippen molar-refractivity contribution in [3.63, 3.8) is 0 Å². The Bertz CT molecular complexity index is 507. The molecule has 0 bridgehead atoms. The standard InChI is InChI=1S/C10H4ClF3N/c11-7-5-9(10(12,13)14)15-8-4-2-1-3-6(7)8/h1-4H. The van der Waals surface area contributed by atoms with Crippen LogP contribution < -0.4 is 0 Å². The van der Waals surface area contributed by atoms with E-state index in [0.717, 1.165) is 0 Å². The molecule has 0 saturated carbocycles. The average molecular weight is 231 g/mol. The number of hydrogen-bond donors (Lipinski definition) is 0. The van der Waals surface area contributed by atoms with E-state index in [2.05, 4.69) is 4.98 Å². The molecule has 0 saturated heterocycles. The highest BCUT2D eigenvalue weighted by Crippen LogP contribution is 2.31. The molecule has 0 amide bonds. The maximum Gasteiger partial charge on any atom is 0.434 e. The van der Waals surface area contributed by atoms with Crippen LogP contribution in [0.3, 0.4) is 0 Å². The highest BCUT2D eigenvalue weighted by molar-refractivity contribution is 6.35. The molecular formula is C10H4ClF3N. The lowest BCUT2D eigenvalue weighted by molar-refractivity contribution is -0.141. The summed E-state index contributed by atoms with van der Waals surface area (Å²) in [5, 5.41) is 0.403. The van der Waals surface area contributed by atoms with Crippen molar-refractivity contribution in [3.8, 4) is 0 Å². The monoisotopic (exact) mass is 230 g/mol. The van der Waals surface area contributed by atoms with Gasteiger partial charge in [0.05, 0.1) is 10.5 Å². The van der Waals surface area contributed by atoms with Gasteiger partial charge in [0.2, 0.25) is 0 Å². The summed E-state index contributed by atoms with van der Waals surface area (Å²) >= 11 is 5.67. The summed E-state index contributed by atoms with van der Waals surface area (Å²) in [7, 11) is 0. The summed E-state index contributed by atoms with van der Waals surface area (Å²) < 4.78 is 37.0.